The van der Waals surface area contributed by atoms with Crippen LogP contribution < -0.4 is 0 Å². The Kier molecular flexibility index (Phi) is 4.39. The molecule has 1 aromatic carbocycles. The predicted molar refractivity (Wildman–Crippen MR) is 71.8 cm³/mol. The summed E-state index contributed by atoms with van der Waals surface area (Å²) in [5, 5.41) is 11.0. The van der Waals surface area contributed by atoms with Gasteiger partial charge in [0.2, 0.25) is 0 Å². The summed E-state index contributed by atoms with van der Waals surface area (Å²) in [6, 6.07) is 6.49. The highest BCUT2D eigenvalue weighted by Crippen LogP contribution is 2.40. The van der Waals surface area contributed by atoms with Crippen LogP contribution in [-0.4, -0.2) is 5.11 Å². The van der Waals surface area contributed by atoms with E-state index in [1.54, 1.807) is 6.07 Å². The molecule has 2 rings (SSSR count). The highest BCUT2D eigenvalue weighted by Gasteiger charge is 2.36. The van der Waals surface area contributed by atoms with Crippen molar-refractivity contribution in [2.75, 3.05) is 0 Å². The third kappa shape index (κ3) is 2.74. The standard InChI is InChI=1S/C16H23FO/c1-2-16(18,13-8-5-3-4-6-9-13)14-10-7-11-15(17)12-14/h7,10-13,18H,2-6,8-9H2,1H3. The molecule has 0 saturated heterocycles. The number of hydrogen-bond acceptors (Lipinski definition) is 1. The van der Waals surface area contributed by atoms with Crippen molar-refractivity contribution in [3.63, 3.8) is 0 Å². The van der Waals surface area contributed by atoms with Crippen LogP contribution in [0.2, 0.25) is 0 Å². The Morgan fingerprint density at radius 2 is 1.89 bits per heavy atom. The van der Waals surface area contributed by atoms with Gasteiger partial charge in [-0.25, -0.2) is 4.39 Å². The third-order valence-corrected chi connectivity index (χ3v) is 4.39. The topological polar surface area (TPSA) is 20.2 Å². The van der Waals surface area contributed by atoms with Crippen molar-refractivity contribution in [1.29, 1.82) is 0 Å². The molecule has 18 heavy (non-hydrogen) atoms. The van der Waals surface area contributed by atoms with Gasteiger partial charge in [0.15, 0.2) is 0 Å². The summed E-state index contributed by atoms with van der Waals surface area (Å²) in [6.07, 6.45) is 7.66. The second kappa shape index (κ2) is 5.83. The van der Waals surface area contributed by atoms with Crippen molar-refractivity contribution in [3.8, 4) is 0 Å². The van der Waals surface area contributed by atoms with Gasteiger partial charge in [0.05, 0.1) is 5.60 Å². The summed E-state index contributed by atoms with van der Waals surface area (Å²) in [7, 11) is 0. The summed E-state index contributed by atoms with van der Waals surface area (Å²) in [5.74, 6) is 0.0137. The summed E-state index contributed by atoms with van der Waals surface area (Å²) in [4.78, 5) is 0. The van der Waals surface area contributed by atoms with Crippen LogP contribution in [0.3, 0.4) is 0 Å². The molecule has 0 radical (unpaired) electrons. The first kappa shape index (κ1) is 13.5. The minimum absolute atomic E-state index is 0.256. The van der Waals surface area contributed by atoms with Crippen LogP contribution in [0.1, 0.15) is 57.4 Å². The molecule has 0 bridgehead atoms. The van der Waals surface area contributed by atoms with Crippen LogP contribution in [0.15, 0.2) is 24.3 Å². The van der Waals surface area contributed by atoms with E-state index in [0.717, 1.165) is 18.4 Å². The van der Waals surface area contributed by atoms with E-state index in [1.165, 1.54) is 37.8 Å². The van der Waals surface area contributed by atoms with Gasteiger partial charge in [-0.05, 0) is 42.9 Å². The molecular weight excluding hydrogens is 227 g/mol. The van der Waals surface area contributed by atoms with Crippen LogP contribution >= 0.6 is 0 Å². The molecule has 1 nitrogen and oxygen atoms in total. The fourth-order valence-electron chi connectivity index (χ4n) is 3.24. The Balaban J connectivity index is 2.28. The van der Waals surface area contributed by atoms with Crippen LogP contribution in [0.4, 0.5) is 4.39 Å². The van der Waals surface area contributed by atoms with E-state index < -0.39 is 5.60 Å². The van der Waals surface area contributed by atoms with Crippen molar-refractivity contribution >= 4 is 0 Å². The van der Waals surface area contributed by atoms with Gasteiger partial charge in [0.1, 0.15) is 5.82 Å². The number of rotatable bonds is 3. The maximum absolute atomic E-state index is 13.4. The molecule has 1 N–H and O–H groups in total. The largest absolute Gasteiger partial charge is 0.385 e. The highest BCUT2D eigenvalue weighted by molar-refractivity contribution is 5.24. The number of benzene rings is 1. The normalized spacial score (nSPS) is 21.3. The van der Waals surface area contributed by atoms with Gasteiger partial charge in [-0.1, -0.05) is 44.7 Å². The Bertz CT molecular complexity index is 382. The molecule has 1 aliphatic carbocycles. The molecule has 1 atom stereocenters. The molecule has 1 unspecified atom stereocenters. The van der Waals surface area contributed by atoms with Crippen LogP contribution in [-0.2, 0) is 5.60 Å². The number of halogens is 1. The molecule has 1 aliphatic rings. The smallest absolute Gasteiger partial charge is 0.123 e. The average molecular weight is 250 g/mol. The molecular formula is C16H23FO. The first-order valence-corrected chi connectivity index (χ1v) is 7.15. The van der Waals surface area contributed by atoms with Crippen LogP contribution in [0.5, 0.6) is 0 Å². The van der Waals surface area contributed by atoms with Crippen molar-refractivity contribution in [2.45, 2.75) is 57.5 Å². The average Bonchev–Trinajstić information content (AvgIpc) is 2.67. The Hall–Kier alpha value is -0.890. The predicted octanol–water partition coefficient (Wildman–Crippen LogP) is 4.39. The number of hydrogen-bond donors (Lipinski definition) is 1. The van der Waals surface area contributed by atoms with Crippen molar-refractivity contribution < 1.29 is 9.50 Å². The van der Waals surface area contributed by atoms with Crippen LogP contribution in [0.25, 0.3) is 0 Å². The summed E-state index contributed by atoms with van der Waals surface area (Å²) >= 11 is 0. The zero-order valence-corrected chi connectivity index (χ0v) is 11.2. The minimum Gasteiger partial charge on any atom is -0.385 e. The van der Waals surface area contributed by atoms with Gasteiger partial charge in [-0.2, -0.15) is 0 Å². The summed E-state index contributed by atoms with van der Waals surface area (Å²) in [6.45, 7) is 2.00. The lowest BCUT2D eigenvalue weighted by Gasteiger charge is -2.36. The van der Waals surface area contributed by atoms with E-state index in [0.29, 0.717) is 6.42 Å². The fraction of sp³-hybridized carbons (Fsp3) is 0.625. The zero-order chi connectivity index (χ0) is 13.0. The van der Waals surface area contributed by atoms with E-state index in [9.17, 15) is 9.50 Å². The molecule has 0 heterocycles. The van der Waals surface area contributed by atoms with E-state index in [-0.39, 0.29) is 11.7 Å². The molecule has 1 fully saturated rings. The van der Waals surface area contributed by atoms with Gasteiger partial charge in [0, 0.05) is 0 Å². The molecule has 100 valence electrons. The molecule has 1 aromatic rings. The molecule has 0 amide bonds. The molecule has 0 aromatic heterocycles. The first-order valence-electron chi connectivity index (χ1n) is 7.15. The van der Waals surface area contributed by atoms with Crippen LogP contribution in [0, 0.1) is 11.7 Å². The molecule has 1 saturated carbocycles. The van der Waals surface area contributed by atoms with Gasteiger partial charge in [-0.15, -0.1) is 0 Å². The monoisotopic (exact) mass is 250 g/mol. The van der Waals surface area contributed by atoms with Crippen molar-refractivity contribution in [1.82, 2.24) is 0 Å². The summed E-state index contributed by atoms with van der Waals surface area (Å²) < 4.78 is 13.4. The lowest BCUT2D eigenvalue weighted by Crippen LogP contribution is -2.34. The minimum atomic E-state index is -0.855. The van der Waals surface area contributed by atoms with E-state index in [1.807, 2.05) is 13.0 Å². The fourth-order valence-corrected chi connectivity index (χ4v) is 3.24. The van der Waals surface area contributed by atoms with E-state index >= 15 is 0 Å². The number of aliphatic hydroxyl groups is 1. The maximum Gasteiger partial charge on any atom is 0.123 e. The lowest BCUT2D eigenvalue weighted by molar-refractivity contribution is -0.0344. The van der Waals surface area contributed by atoms with Gasteiger partial charge in [-0.3, -0.25) is 0 Å². The molecule has 0 spiro atoms. The molecule has 0 aliphatic heterocycles. The van der Waals surface area contributed by atoms with Crippen molar-refractivity contribution in [2.24, 2.45) is 5.92 Å². The Morgan fingerprint density at radius 1 is 1.22 bits per heavy atom. The van der Waals surface area contributed by atoms with E-state index in [2.05, 4.69) is 0 Å². The second-order valence-electron chi connectivity index (χ2n) is 5.48. The molecule has 2 heteroatoms. The third-order valence-electron chi connectivity index (χ3n) is 4.39. The zero-order valence-electron chi connectivity index (χ0n) is 11.2. The SMILES string of the molecule is CCC(O)(c1cccc(F)c1)C1CCCCCC1. The Morgan fingerprint density at radius 3 is 2.44 bits per heavy atom. The van der Waals surface area contributed by atoms with Gasteiger partial charge >= 0.3 is 0 Å². The maximum atomic E-state index is 13.4. The lowest BCUT2D eigenvalue weighted by atomic mass is 9.75. The second-order valence-corrected chi connectivity index (χ2v) is 5.48. The van der Waals surface area contributed by atoms with Gasteiger partial charge in [0.25, 0.3) is 0 Å². The Labute approximate surface area is 109 Å². The van der Waals surface area contributed by atoms with E-state index in [4.69, 9.17) is 0 Å². The highest BCUT2D eigenvalue weighted by atomic mass is 19.1. The first-order chi connectivity index (χ1) is 8.66. The quantitative estimate of drug-likeness (QED) is 0.789. The summed E-state index contributed by atoms with van der Waals surface area (Å²) in [5.41, 5.74) is -0.108. The van der Waals surface area contributed by atoms with Crippen molar-refractivity contribution in [3.05, 3.63) is 35.6 Å². The van der Waals surface area contributed by atoms with Gasteiger partial charge < -0.3 is 5.11 Å².